The first kappa shape index (κ1) is 13.2. The van der Waals surface area contributed by atoms with Crippen LogP contribution in [0.5, 0.6) is 0 Å². The van der Waals surface area contributed by atoms with Crippen molar-refractivity contribution in [2.45, 2.75) is 26.8 Å². The molecule has 1 aromatic heterocycles. The van der Waals surface area contributed by atoms with E-state index in [1.807, 2.05) is 18.7 Å². The zero-order valence-corrected chi connectivity index (χ0v) is 10.5. The average molecular weight is 224 g/mol. The van der Waals surface area contributed by atoms with E-state index in [-0.39, 0.29) is 0 Å². The highest BCUT2D eigenvalue weighted by molar-refractivity contribution is 4.75. The Labute approximate surface area is 98.7 Å². The number of aromatic nitrogens is 2. The van der Waals surface area contributed by atoms with Crippen LogP contribution in [0.4, 0.5) is 0 Å². The molecule has 0 radical (unpaired) electrons. The average Bonchev–Trinajstić information content (AvgIpc) is 2.82. The van der Waals surface area contributed by atoms with Crippen LogP contribution in [0.25, 0.3) is 0 Å². The lowest BCUT2D eigenvalue weighted by atomic mass is 10.3. The van der Waals surface area contributed by atoms with Gasteiger partial charge in [-0.1, -0.05) is 20.3 Å². The quantitative estimate of drug-likeness (QED) is 0.837. The maximum absolute atomic E-state index is 4.02. The molecule has 1 aliphatic heterocycles. The van der Waals surface area contributed by atoms with Gasteiger partial charge in [-0.05, 0) is 0 Å². The van der Waals surface area contributed by atoms with Gasteiger partial charge in [-0.25, -0.2) is 4.98 Å². The molecule has 1 aromatic rings. The van der Waals surface area contributed by atoms with Gasteiger partial charge in [0.2, 0.25) is 0 Å². The fraction of sp³-hybridized carbons (Fsp3) is 0.750. The van der Waals surface area contributed by atoms with Crippen LogP contribution in [0.1, 0.15) is 20.3 Å². The lowest BCUT2D eigenvalue weighted by molar-refractivity contribution is 0.232. The minimum atomic E-state index is 1.06. The van der Waals surface area contributed by atoms with Crippen molar-refractivity contribution in [2.75, 3.05) is 32.7 Å². The van der Waals surface area contributed by atoms with Crippen molar-refractivity contribution >= 4 is 0 Å². The van der Waals surface area contributed by atoms with E-state index in [1.54, 1.807) is 0 Å². The molecule has 4 nitrogen and oxygen atoms in total. The van der Waals surface area contributed by atoms with Crippen molar-refractivity contribution in [3.63, 3.8) is 0 Å². The Morgan fingerprint density at radius 2 is 1.88 bits per heavy atom. The maximum Gasteiger partial charge on any atom is 0.0946 e. The van der Waals surface area contributed by atoms with E-state index < -0.39 is 0 Å². The highest BCUT2D eigenvalue weighted by atomic mass is 15.2. The van der Waals surface area contributed by atoms with Crippen molar-refractivity contribution in [2.24, 2.45) is 0 Å². The van der Waals surface area contributed by atoms with Crippen LogP contribution in [0, 0.1) is 0 Å². The second kappa shape index (κ2) is 8.30. The van der Waals surface area contributed by atoms with Crippen LogP contribution < -0.4 is 5.32 Å². The summed E-state index contributed by atoms with van der Waals surface area (Å²) >= 11 is 0. The molecule has 0 amide bonds. The minimum absolute atomic E-state index is 1.06. The van der Waals surface area contributed by atoms with Gasteiger partial charge in [-0.2, -0.15) is 0 Å². The van der Waals surface area contributed by atoms with Gasteiger partial charge in [-0.3, -0.25) is 4.90 Å². The first-order chi connectivity index (χ1) is 7.86. The first-order valence-corrected chi connectivity index (χ1v) is 6.25. The van der Waals surface area contributed by atoms with Crippen LogP contribution in [0.3, 0.4) is 0 Å². The van der Waals surface area contributed by atoms with Gasteiger partial charge in [0.05, 0.1) is 6.33 Å². The van der Waals surface area contributed by atoms with Gasteiger partial charge in [0.25, 0.3) is 0 Å². The molecule has 0 atom stereocenters. The SMILES string of the molecule is CCC.c1cn(CCN2CCNCC2)cn1. The van der Waals surface area contributed by atoms with E-state index in [4.69, 9.17) is 0 Å². The standard InChI is InChI=1S/C9H16N4.C3H8/c1-4-12(5-2-10-1)7-8-13-6-3-11-9-13;1-3-2/h3,6,9-10H,1-2,4-5,7-8H2;3H2,1-2H3. The molecule has 92 valence electrons. The lowest BCUT2D eigenvalue weighted by Crippen LogP contribution is -2.44. The first-order valence-electron chi connectivity index (χ1n) is 6.25. The normalized spacial score (nSPS) is 16.6. The summed E-state index contributed by atoms with van der Waals surface area (Å²) in [4.78, 5) is 6.50. The summed E-state index contributed by atoms with van der Waals surface area (Å²) in [6.45, 7) is 11.1. The van der Waals surface area contributed by atoms with E-state index in [0.29, 0.717) is 0 Å². The maximum atomic E-state index is 4.02. The van der Waals surface area contributed by atoms with Gasteiger partial charge in [0.15, 0.2) is 0 Å². The zero-order chi connectivity index (χ0) is 11.6. The molecule has 1 saturated heterocycles. The lowest BCUT2D eigenvalue weighted by Gasteiger charge is -2.27. The van der Waals surface area contributed by atoms with Gasteiger partial charge >= 0.3 is 0 Å². The molecule has 1 aliphatic rings. The molecule has 4 heteroatoms. The van der Waals surface area contributed by atoms with Gasteiger partial charge in [-0.15, -0.1) is 0 Å². The summed E-state index contributed by atoms with van der Waals surface area (Å²) < 4.78 is 2.13. The van der Waals surface area contributed by atoms with Crippen LogP contribution >= 0.6 is 0 Å². The molecule has 16 heavy (non-hydrogen) atoms. The Bertz CT molecular complexity index is 240. The monoisotopic (exact) mass is 224 g/mol. The predicted molar refractivity (Wildman–Crippen MR) is 67.5 cm³/mol. The number of hydrogen-bond acceptors (Lipinski definition) is 3. The molecule has 0 unspecified atom stereocenters. The Morgan fingerprint density at radius 3 is 2.44 bits per heavy atom. The van der Waals surface area contributed by atoms with E-state index in [9.17, 15) is 0 Å². The van der Waals surface area contributed by atoms with Crippen LogP contribution in [-0.4, -0.2) is 47.2 Å². The molecule has 1 N–H and O–H groups in total. The molecule has 0 spiro atoms. The molecule has 0 aliphatic carbocycles. The van der Waals surface area contributed by atoms with E-state index in [0.717, 1.165) is 26.2 Å². The van der Waals surface area contributed by atoms with Gasteiger partial charge < -0.3 is 9.88 Å². The smallest absolute Gasteiger partial charge is 0.0946 e. The van der Waals surface area contributed by atoms with Crippen LogP contribution in [-0.2, 0) is 6.54 Å². The van der Waals surface area contributed by atoms with Crippen LogP contribution in [0.15, 0.2) is 18.7 Å². The van der Waals surface area contributed by atoms with Crippen molar-refractivity contribution in [1.82, 2.24) is 19.8 Å². The van der Waals surface area contributed by atoms with E-state index >= 15 is 0 Å². The van der Waals surface area contributed by atoms with Crippen molar-refractivity contribution in [3.05, 3.63) is 18.7 Å². The number of piperazine rings is 1. The number of rotatable bonds is 3. The molecule has 0 aromatic carbocycles. The van der Waals surface area contributed by atoms with E-state index in [2.05, 4.69) is 33.6 Å². The fourth-order valence-electron chi connectivity index (χ4n) is 1.61. The molecular formula is C12H24N4. The molecule has 2 heterocycles. The summed E-state index contributed by atoms with van der Waals surface area (Å²) in [5.74, 6) is 0. The molecule has 0 bridgehead atoms. The highest BCUT2D eigenvalue weighted by Crippen LogP contribution is 1.94. The molecule has 2 rings (SSSR count). The molecule has 0 saturated carbocycles. The van der Waals surface area contributed by atoms with Crippen molar-refractivity contribution in [3.8, 4) is 0 Å². The van der Waals surface area contributed by atoms with Crippen molar-refractivity contribution < 1.29 is 0 Å². The highest BCUT2D eigenvalue weighted by Gasteiger charge is 2.08. The largest absolute Gasteiger partial charge is 0.336 e. The number of nitrogens with zero attached hydrogens (tertiary/aromatic N) is 3. The Morgan fingerprint density at radius 1 is 1.19 bits per heavy atom. The van der Waals surface area contributed by atoms with Crippen LogP contribution in [0.2, 0.25) is 0 Å². The molecular weight excluding hydrogens is 200 g/mol. The predicted octanol–water partition coefficient (Wildman–Crippen LogP) is 1.20. The number of nitrogens with one attached hydrogen (secondary N) is 1. The summed E-state index contributed by atoms with van der Waals surface area (Å²) in [7, 11) is 0. The zero-order valence-electron chi connectivity index (χ0n) is 10.5. The Balaban J connectivity index is 0.000000386. The summed E-state index contributed by atoms with van der Waals surface area (Å²) in [6.07, 6.45) is 6.97. The molecule has 1 fully saturated rings. The Hall–Kier alpha value is -0.870. The fourth-order valence-corrected chi connectivity index (χ4v) is 1.61. The van der Waals surface area contributed by atoms with Crippen molar-refractivity contribution in [1.29, 1.82) is 0 Å². The number of hydrogen-bond donors (Lipinski definition) is 1. The minimum Gasteiger partial charge on any atom is -0.336 e. The summed E-state index contributed by atoms with van der Waals surface area (Å²) in [5.41, 5.74) is 0. The topological polar surface area (TPSA) is 33.1 Å². The number of imidazole rings is 1. The summed E-state index contributed by atoms with van der Waals surface area (Å²) in [6, 6.07) is 0. The summed E-state index contributed by atoms with van der Waals surface area (Å²) in [5, 5.41) is 3.35. The third-order valence-electron chi connectivity index (χ3n) is 2.44. The second-order valence-electron chi connectivity index (χ2n) is 4.10. The third-order valence-corrected chi connectivity index (χ3v) is 2.44. The van der Waals surface area contributed by atoms with Gasteiger partial charge in [0.1, 0.15) is 0 Å². The third kappa shape index (κ3) is 5.28. The Kier molecular flexibility index (Phi) is 6.85. The second-order valence-corrected chi connectivity index (χ2v) is 4.10. The van der Waals surface area contributed by atoms with Gasteiger partial charge in [0, 0.05) is 51.7 Å². The van der Waals surface area contributed by atoms with E-state index in [1.165, 1.54) is 19.5 Å².